The zero-order valence-electron chi connectivity index (χ0n) is 10.2. The summed E-state index contributed by atoms with van der Waals surface area (Å²) in [5.74, 6) is 0.586. The summed E-state index contributed by atoms with van der Waals surface area (Å²) in [6.07, 6.45) is 0.960. The van der Waals surface area contributed by atoms with E-state index in [4.69, 9.17) is 32.7 Å². The highest BCUT2D eigenvalue weighted by Gasteiger charge is 2.10. The highest BCUT2D eigenvalue weighted by atomic mass is 35.5. The molecule has 1 aliphatic rings. The lowest BCUT2D eigenvalue weighted by atomic mass is 10.3. The molecule has 0 aliphatic carbocycles. The van der Waals surface area contributed by atoms with Gasteiger partial charge in [0.05, 0.1) is 29.9 Å². The van der Waals surface area contributed by atoms with Crippen LogP contribution in [0.25, 0.3) is 0 Å². The molecular weight excluding hydrogens is 273 g/mol. The number of nitrogens with zero attached hydrogens (tertiary/aromatic N) is 1. The van der Waals surface area contributed by atoms with Crippen molar-refractivity contribution in [3.05, 3.63) is 28.2 Å². The molecule has 1 heterocycles. The number of benzene rings is 1. The molecule has 1 aromatic rings. The summed E-state index contributed by atoms with van der Waals surface area (Å²) in [5.41, 5.74) is 0. The third kappa shape index (κ3) is 4.02. The molecule has 1 aliphatic heterocycles. The number of hydrogen-bond acceptors (Lipinski definition) is 3. The Bertz CT molecular complexity index is 361. The second kappa shape index (κ2) is 7.19. The van der Waals surface area contributed by atoms with Gasteiger partial charge in [0.25, 0.3) is 0 Å². The summed E-state index contributed by atoms with van der Waals surface area (Å²) >= 11 is 12.0. The molecule has 0 atom stereocenters. The third-order valence-corrected chi connectivity index (χ3v) is 3.48. The number of rotatable bonds is 5. The van der Waals surface area contributed by atoms with Gasteiger partial charge in [0.2, 0.25) is 0 Å². The molecule has 0 bridgehead atoms. The summed E-state index contributed by atoms with van der Waals surface area (Å²) < 4.78 is 10.9. The monoisotopic (exact) mass is 289 g/mol. The average Bonchev–Trinajstić information content (AvgIpc) is 2.38. The van der Waals surface area contributed by atoms with E-state index >= 15 is 0 Å². The van der Waals surface area contributed by atoms with Crippen LogP contribution in [-0.2, 0) is 4.74 Å². The number of halogens is 2. The quantitative estimate of drug-likeness (QED) is 0.778. The van der Waals surface area contributed by atoms with E-state index in [0.29, 0.717) is 22.4 Å². The van der Waals surface area contributed by atoms with E-state index in [0.717, 1.165) is 39.3 Å². The van der Waals surface area contributed by atoms with Gasteiger partial charge < -0.3 is 9.47 Å². The van der Waals surface area contributed by atoms with Crippen LogP contribution in [0.1, 0.15) is 6.42 Å². The Morgan fingerprint density at radius 1 is 1.17 bits per heavy atom. The zero-order chi connectivity index (χ0) is 12.8. The summed E-state index contributed by atoms with van der Waals surface area (Å²) in [4.78, 5) is 2.38. The molecule has 1 fully saturated rings. The number of morpholine rings is 1. The first-order valence-corrected chi connectivity index (χ1v) is 6.90. The van der Waals surface area contributed by atoms with Gasteiger partial charge in [0.1, 0.15) is 0 Å². The SMILES string of the molecule is Clc1cccc(Cl)c1OCCCN1CCOCC1. The van der Waals surface area contributed by atoms with E-state index in [1.807, 2.05) is 6.07 Å². The van der Waals surface area contributed by atoms with Crippen molar-refractivity contribution in [2.45, 2.75) is 6.42 Å². The van der Waals surface area contributed by atoms with Crippen molar-refractivity contribution in [2.24, 2.45) is 0 Å². The lowest BCUT2D eigenvalue weighted by Gasteiger charge is -2.26. The van der Waals surface area contributed by atoms with Crippen LogP contribution in [0.4, 0.5) is 0 Å². The van der Waals surface area contributed by atoms with Gasteiger partial charge in [-0.15, -0.1) is 0 Å². The smallest absolute Gasteiger partial charge is 0.156 e. The van der Waals surface area contributed by atoms with E-state index < -0.39 is 0 Å². The molecule has 0 amide bonds. The van der Waals surface area contributed by atoms with Crippen LogP contribution in [0.5, 0.6) is 5.75 Å². The first kappa shape index (κ1) is 13.9. The highest BCUT2D eigenvalue weighted by Crippen LogP contribution is 2.32. The molecule has 0 radical (unpaired) electrons. The van der Waals surface area contributed by atoms with Crippen LogP contribution in [0, 0.1) is 0 Å². The van der Waals surface area contributed by atoms with Crippen molar-refractivity contribution in [3.8, 4) is 5.75 Å². The lowest BCUT2D eigenvalue weighted by Crippen LogP contribution is -2.37. The van der Waals surface area contributed by atoms with E-state index in [1.165, 1.54) is 0 Å². The third-order valence-electron chi connectivity index (χ3n) is 2.89. The highest BCUT2D eigenvalue weighted by molar-refractivity contribution is 6.37. The molecular formula is C13H17Cl2NO2. The van der Waals surface area contributed by atoms with Crippen molar-refractivity contribution < 1.29 is 9.47 Å². The minimum absolute atomic E-state index is 0.564. The second-order valence-electron chi connectivity index (χ2n) is 4.21. The summed E-state index contributed by atoms with van der Waals surface area (Å²) in [6.45, 7) is 5.32. The van der Waals surface area contributed by atoms with Crippen molar-refractivity contribution in [1.29, 1.82) is 0 Å². The minimum Gasteiger partial charge on any atom is -0.490 e. The first-order chi connectivity index (χ1) is 8.77. The molecule has 0 N–H and O–H groups in total. The molecule has 0 spiro atoms. The summed E-state index contributed by atoms with van der Waals surface area (Å²) in [7, 11) is 0. The largest absolute Gasteiger partial charge is 0.490 e. The fourth-order valence-corrected chi connectivity index (χ4v) is 2.41. The molecule has 18 heavy (non-hydrogen) atoms. The normalized spacial score (nSPS) is 16.8. The van der Waals surface area contributed by atoms with Crippen LogP contribution in [-0.4, -0.2) is 44.4 Å². The first-order valence-electron chi connectivity index (χ1n) is 6.14. The Morgan fingerprint density at radius 3 is 2.50 bits per heavy atom. The van der Waals surface area contributed by atoms with Gasteiger partial charge in [0, 0.05) is 19.6 Å². The molecule has 2 rings (SSSR count). The van der Waals surface area contributed by atoms with Gasteiger partial charge in [-0.1, -0.05) is 29.3 Å². The Morgan fingerprint density at radius 2 is 1.83 bits per heavy atom. The minimum atomic E-state index is 0.564. The zero-order valence-corrected chi connectivity index (χ0v) is 11.7. The predicted molar refractivity (Wildman–Crippen MR) is 73.8 cm³/mol. The van der Waals surface area contributed by atoms with Crippen LogP contribution in [0.3, 0.4) is 0 Å². The van der Waals surface area contributed by atoms with E-state index in [9.17, 15) is 0 Å². The van der Waals surface area contributed by atoms with Crippen LogP contribution in [0.15, 0.2) is 18.2 Å². The standard InChI is InChI=1S/C13H17Cl2NO2/c14-11-3-1-4-12(15)13(11)18-8-2-5-16-6-9-17-10-7-16/h1,3-4H,2,5-10H2. The topological polar surface area (TPSA) is 21.7 Å². The molecule has 100 valence electrons. The van der Waals surface area contributed by atoms with E-state index in [1.54, 1.807) is 12.1 Å². The van der Waals surface area contributed by atoms with Crippen molar-refractivity contribution >= 4 is 23.2 Å². The molecule has 3 nitrogen and oxygen atoms in total. The maximum atomic E-state index is 6.02. The van der Waals surface area contributed by atoms with Gasteiger partial charge in [-0.3, -0.25) is 4.90 Å². The van der Waals surface area contributed by atoms with E-state index in [2.05, 4.69) is 4.90 Å². The van der Waals surface area contributed by atoms with Crippen LogP contribution < -0.4 is 4.74 Å². The Labute approximate surface area is 118 Å². The molecule has 1 saturated heterocycles. The van der Waals surface area contributed by atoms with Gasteiger partial charge in [-0.05, 0) is 18.6 Å². The maximum Gasteiger partial charge on any atom is 0.156 e. The Kier molecular flexibility index (Phi) is 5.57. The fourth-order valence-electron chi connectivity index (χ4n) is 1.91. The second-order valence-corrected chi connectivity index (χ2v) is 5.02. The van der Waals surface area contributed by atoms with Gasteiger partial charge in [0.15, 0.2) is 5.75 Å². The van der Waals surface area contributed by atoms with Crippen LogP contribution in [0.2, 0.25) is 10.0 Å². The lowest BCUT2D eigenvalue weighted by molar-refractivity contribution is 0.0358. The average molecular weight is 290 g/mol. The van der Waals surface area contributed by atoms with Gasteiger partial charge >= 0.3 is 0 Å². The maximum absolute atomic E-state index is 6.02. The molecule has 0 saturated carbocycles. The summed E-state index contributed by atoms with van der Waals surface area (Å²) in [6, 6.07) is 5.38. The Balaban J connectivity index is 1.71. The number of hydrogen-bond donors (Lipinski definition) is 0. The van der Waals surface area contributed by atoms with Gasteiger partial charge in [-0.2, -0.15) is 0 Å². The van der Waals surface area contributed by atoms with Crippen molar-refractivity contribution in [1.82, 2.24) is 4.90 Å². The number of para-hydroxylation sites is 1. The Hall–Kier alpha value is -0.480. The molecule has 0 aromatic heterocycles. The van der Waals surface area contributed by atoms with Crippen molar-refractivity contribution in [2.75, 3.05) is 39.5 Å². The fraction of sp³-hybridized carbons (Fsp3) is 0.538. The molecule has 5 heteroatoms. The molecule has 1 aromatic carbocycles. The predicted octanol–water partition coefficient (Wildman–Crippen LogP) is 3.09. The van der Waals surface area contributed by atoms with Gasteiger partial charge in [-0.25, -0.2) is 0 Å². The van der Waals surface area contributed by atoms with E-state index in [-0.39, 0.29) is 0 Å². The van der Waals surface area contributed by atoms with Crippen LogP contribution >= 0.6 is 23.2 Å². The number of ether oxygens (including phenoxy) is 2. The van der Waals surface area contributed by atoms with Crippen molar-refractivity contribution in [3.63, 3.8) is 0 Å². The molecule has 0 unspecified atom stereocenters. The summed E-state index contributed by atoms with van der Waals surface area (Å²) in [5, 5.41) is 1.13.